The summed E-state index contributed by atoms with van der Waals surface area (Å²) in [7, 11) is 4.73. The van der Waals surface area contributed by atoms with Gasteiger partial charge in [-0.25, -0.2) is 0 Å². The van der Waals surface area contributed by atoms with Crippen molar-refractivity contribution in [1.82, 2.24) is 15.2 Å². The van der Waals surface area contributed by atoms with Crippen LogP contribution in [0.5, 0.6) is 17.2 Å². The fourth-order valence-electron chi connectivity index (χ4n) is 2.33. The van der Waals surface area contributed by atoms with E-state index in [2.05, 4.69) is 25.8 Å². The third-order valence-corrected chi connectivity index (χ3v) is 3.93. The second-order valence-electron chi connectivity index (χ2n) is 5.33. The molecule has 8 nitrogen and oxygen atoms in total. The van der Waals surface area contributed by atoms with E-state index in [0.717, 1.165) is 5.69 Å². The molecular formula is C18H18ClN5O3. The molecule has 0 radical (unpaired) electrons. The molecule has 0 aliphatic heterocycles. The van der Waals surface area contributed by atoms with Gasteiger partial charge in [-0.1, -0.05) is 11.6 Å². The number of anilines is 4. The average Bonchev–Trinajstić information content (AvgIpc) is 2.69. The fourth-order valence-corrected chi connectivity index (χ4v) is 2.59. The van der Waals surface area contributed by atoms with Crippen molar-refractivity contribution >= 4 is 34.7 Å². The Labute approximate surface area is 161 Å². The van der Waals surface area contributed by atoms with Crippen molar-refractivity contribution < 1.29 is 14.2 Å². The first-order valence-corrected chi connectivity index (χ1v) is 8.30. The predicted molar refractivity (Wildman–Crippen MR) is 104 cm³/mol. The Morgan fingerprint density at radius 1 is 0.889 bits per heavy atom. The summed E-state index contributed by atoms with van der Waals surface area (Å²) in [5.74, 6) is 2.68. The molecule has 0 aliphatic rings. The number of nitrogens with one attached hydrogen (secondary N) is 2. The van der Waals surface area contributed by atoms with Gasteiger partial charge in [0, 0.05) is 11.8 Å². The van der Waals surface area contributed by atoms with Crippen LogP contribution in [0, 0.1) is 0 Å². The van der Waals surface area contributed by atoms with Crippen molar-refractivity contribution in [3.63, 3.8) is 0 Å². The molecule has 0 saturated heterocycles. The highest BCUT2D eigenvalue weighted by molar-refractivity contribution is 6.32. The zero-order valence-electron chi connectivity index (χ0n) is 15.0. The molecule has 9 heteroatoms. The molecule has 140 valence electrons. The molecule has 1 aromatic heterocycles. The maximum atomic E-state index is 6.14. The van der Waals surface area contributed by atoms with E-state index in [1.807, 2.05) is 12.1 Å². The zero-order valence-corrected chi connectivity index (χ0v) is 15.7. The topological polar surface area (TPSA) is 90.4 Å². The Balaban J connectivity index is 1.79. The van der Waals surface area contributed by atoms with Crippen LogP contribution >= 0.6 is 11.6 Å². The van der Waals surface area contributed by atoms with Crippen LogP contribution in [0.25, 0.3) is 0 Å². The summed E-state index contributed by atoms with van der Waals surface area (Å²) in [6.45, 7) is 0. The van der Waals surface area contributed by atoms with E-state index in [-0.39, 0.29) is 0 Å². The summed E-state index contributed by atoms with van der Waals surface area (Å²) < 4.78 is 15.7. The molecule has 3 aromatic rings. The number of nitrogens with zero attached hydrogens (tertiary/aromatic N) is 3. The highest BCUT2D eigenvalue weighted by atomic mass is 35.5. The summed E-state index contributed by atoms with van der Waals surface area (Å²) in [6, 6.07) is 10.7. The molecule has 0 amide bonds. The van der Waals surface area contributed by atoms with Gasteiger partial charge < -0.3 is 24.8 Å². The number of hydrogen-bond acceptors (Lipinski definition) is 8. The summed E-state index contributed by atoms with van der Waals surface area (Å²) in [5, 5.41) is 14.7. The molecule has 27 heavy (non-hydrogen) atoms. The molecule has 2 N–H and O–H groups in total. The number of aromatic nitrogens is 3. The van der Waals surface area contributed by atoms with Crippen LogP contribution in [0.1, 0.15) is 0 Å². The lowest BCUT2D eigenvalue weighted by atomic mass is 10.2. The highest BCUT2D eigenvalue weighted by Gasteiger charge is 2.09. The van der Waals surface area contributed by atoms with Crippen LogP contribution in [0.4, 0.5) is 23.1 Å². The molecular weight excluding hydrogens is 370 g/mol. The van der Waals surface area contributed by atoms with Gasteiger partial charge in [0.1, 0.15) is 17.2 Å². The molecule has 3 rings (SSSR count). The molecule has 0 fully saturated rings. The predicted octanol–water partition coefficient (Wildman–Crippen LogP) is 4.04. The minimum atomic E-state index is 0.308. The van der Waals surface area contributed by atoms with Gasteiger partial charge in [-0.2, -0.15) is 10.1 Å². The Bertz CT molecular complexity index is 939. The lowest BCUT2D eigenvalue weighted by Gasteiger charge is -2.12. The summed E-state index contributed by atoms with van der Waals surface area (Å²) in [4.78, 5) is 4.40. The number of benzene rings is 2. The standard InChI is InChI=1S/C18H18ClN5O3/c1-25-12-5-6-14(16(9-12)27-3)22-18-23-17(10-20-24-18)21-11-4-7-15(26-2)13(19)8-11/h4-10H,1-3H3,(H2,21,22,23,24). The van der Waals surface area contributed by atoms with Gasteiger partial charge in [0.2, 0.25) is 5.95 Å². The van der Waals surface area contributed by atoms with Crippen molar-refractivity contribution in [1.29, 1.82) is 0 Å². The minimum Gasteiger partial charge on any atom is -0.497 e. The largest absolute Gasteiger partial charge is 0.497 e. The van der Waals surface area contributed by atoms with Gasteiger partial charge in [-0.3, -0.25) is 0 Å². The highest BCUT2D eigenvalue weighted by Crippen LogP contribution is 2.31. The molecule has 0 spiro atoms. The Morgan fingerprint density at radius 3 is 2.41 bits per heavy atom. The number of methoxy groups -OCH3 is 3. The van der Waals surface area contributed by atoms with Crippen molar-refractivity contribution in [3.05, 3.63) is 47.6 Å². The van der Waals surface area contributed by atoms with Gasteiger partial charge in [0.25, 0.3) is 0 Å². The lowest BCUT2D eigenvalue weighted by Crippen LogP contribution is -2.03. The van der Waals surface area contributed by atoms with E-state index in [4.69, 9.17) is 25.8 Å². The molecule has 0 saturated carbocycles. The molecule has 0 bridgehead atoms. The van der Waals surface area contributed by atoms with Crippen LogP contribution in [-0.4, -0.2) is 36.5 Å². The van der Waals surface area contributed by atoms with Gasteiger partial charge >= 0.3 is 0 Å². The zero-order chi connectivity index (χ0) is 19.2. The number of hydrogen-bond donors (Lipinski definition) is 2. The van der Waals surface area contributed by atoms with E-state index in [9.17, 15) is 0 Å². The molecule has 0 aliphatic carbocycles. The summed E-state index contributed by atoms with van der Waals surface area (Å²) in [6.07, 6.45) is 1.51. The Hall–Kier alpha value is -3.26. The summed E-state index contributed by atoms with van der Waals surface area (Å²) in [5.41, 5.74) is 1.43. The van der Waals surface area contributed by atoms with Crippen molar-refractivity contribution in [2.24, 2.45) is 0 Å². The fraction of sp³-hybridized carbons (Fsp3) is 0.167. The minimum absolute atomic E-state index is 0.308. The number of ether oxygens (including phenoxy) is 3. The van der Waals surface area contributed by atoms with Crippen molar-refractivity contribution in [3.8, 4) is 17.2 Å². The SMILES string of the molecule is COc1ccc(Nc2nncc(Nc3ccc(OC)c(Cl)c3)n2)c(OC)c1. The molecule has 2 aromatic carbocycles. The monoisotopic (exact) mass is 387 g/mol. The quantitative estimate of drug-likeness (QED) is 0.627. The van der Waals surface area contributed by atoms with Crippen LogP contribution in [0.15, 0.2) is 42.6 Å². The first-order valence-electron chi connectivity index (χ1n) is 7.92. The van der Waals surface area contributed by atoms with E-state index in [1.54, 1.807) is 45.6 Å². The second-order valence-corrected chi connectivity index (χ2v) is 5.74. The molecule has 0 atom stereocenters. The third kappa shape index (κ3) is 4.48. The smallest absolute Gasteiger partial charge is 0.249 e. The maximum Gasteiger partial charge on any atom is 0.249 e. The van der Waals surface area contributed by atoms with E-state index in [1.165, 1.54) is 6.20 Å². The van der Waals surface area contributed by atoms with E-state index < -0.39 is 0 Å². The number of halogens is 1. The normalized spacial score (nSPS) is 10.2. The van der Waals surface area contributed by atoms with Gasteiger partial charge in [-0.15, -0.1) is 5.10 Å². The lowest BCUT2D eigenvalue weighted by molar-refractivity contribution is 0.395. The van der Waals surface area contributed by atoms with Crippen molar-refractivity contribution in [2.75, 3.05) is 32.0 Å². The maximum absolute atomic E-state index is 6.14. The average molecular weight is 388 g/mol. The van der Waals surface area contributed by atoms with Gasteiger partial charge in [0.05, 0.1) is 38.2 Å². The Morgan fingerprint density at radius 2 is 1.70 bits per heavy atom. The molecule has 1 heterocycles. The van der Waals surface area contributed by atoms with E-state index >= 15 is 0 Å². The first kappa shape index (κ1) is 18.5. The molecule has 0 unspecified atom stereocenters. The van der Waals surface area contributed by atoms with Gasteiger partial charge in [-0.05, 0) is 30.3 Å². The van der Waals surface area contributed by atoms with Crippen molar-refractivity contribution in [2.45, 2.75) is 0 Å². The Kier molecular flexibility index (Phi) is 5.77. The third-order valence-electron chi connectivity index (χ3n) is 3.64. The van der Waals surface area contributed by atoms with Crippen LogP contribution in [0.3, 0.4) is 0 Å². The van der Waals surface area contributed by atoms with E-state index in [0.29, 0.717) is 39.7 Å². The summed E-state index contributed by atoms with van der Waals surface area (Å²) >= 11 is 6.14. The van der Waals surface area contributed by atoms with Crippen LogP contribution in [0.2, 0.25) is 5.02 Å². The first-order chi connectivity index (χ1) is 13.1. The second kappa shape index (κ2) is 8.41. The van der Waals surface area contributed by atoms with Gasteiger partial charge in [0.15, 0.2) is 5.82 Å². The van der Waals surface area contributed by atoms with Crippen LogP contribution < -0.4 is 24.8 Å². The number of rotatable bonds is 7. The van der Waals surface area contributed by atoms with Crippen LogP contribution in [-0.2, 0) is 0 Å².